The maximum absolute atomic E-state index is 3.75. The van der Waals surface area contributed by atoms with Crippen LogP contribution in [0.5, 0.6) is 0 Å². The van der Waals surface area contributed by atoms with E-state index in [-0.39, 0.29) is 0 Å². The van der Waals surface area contributed by atoms with E-state index in [1.165, 1.54) is 12.8 Å². The summed E-state index contributed by atoms with van der Waals surface area (Å²) in [5, 5.41) is 3.75. The molecule has 13 heavy (non-hydrogen) atoms. The van der Waals surface area contributed by atoms with Gasteiger partial charge in [0.1, 0.15) is 0 Å². The van der Waals surface area contributed by atoms with Crippen LogP contribution in [-0.2, 0) is 0 Å². The normalized spacial score (nSPS) is 23.3. The number of rotatable bonds is 3. The van der Waals surface area contributed by atoms with Gasteiger partial charge in [0, 0.05) is 11.6 Å². The van der Waals surface area contributed by atoms with Crippen molar-refractivity contribution in [2.24, 2.45) is 11.3 Å². The van der Waals surface area contributed by atoms with Crippen molar-refractivity contribution in [3.8, 4) is 0 Å². The maximum Gasteiger partial charge on any atom is 0.0150 e. The third-order valence-corrected chi connectivity index (χ3v) is 3.62. The smallest absolute Gasteiger partial charge is 0.0150 e. The van der Waals surface area contributed by atoms with Gasteiger partial charge in [0.2, 0.25) is 0 Å². The topological polar surface area (TPSA) is 12.0 Å². The molecule has 1 aliphatic rings. The molecule has 1 aliphatic carbocycles. The molecule has 0 aromatic carbocycles. The fourth-order valence-corrected chi connectivity index (χ4v) is 2.07. The molecule has 0 aromatic rings. The van der Waals surface area contributed by atoms with Crippen molar-refractivity contribution in [2.75, 3.05) is 0 Å². The molecule has 0 atom stereocenters. The highest BCUT2D eigenvalue weighted by molar-refractivity contribution is 4.96. The third kappa shape index (κ3) is 2.70. The largest absolute Gasteiger partial charge is 0.309 e. The van der Waals surface area contributed by atoms with Crippen LogP contribution >= 0.6 is 0 Å². The van der Waals surface area contributed by atoms with Gasteiger partial charge in [0.25, 0.3) is 0 Å². The predicted molar refractivity (Wildman–Crippen MR) is 58.9 cm³/mol. The molecule has 1 rings (SSSR count). The summed E-state index contributed by atoms with van der Waals surface area (Å²) in [4.78, 5) is 0. The zero-order valence-corrected chi connectivity index (χ0v) is 10.1. The molecule has 78 valence electrons. The Morgan fingerprint density at radius 3 is 2.00 bits per heavy atom. The Labute approximate surface area is 83.3 Å². The van der Waals surface area contributed by atoms with Crippen molar-refractivity contribution in [1.29, 1.82) is 0 Å². The number of nitrogens with one attached hydrogen (secondary N) is 1. The van der Waals surface area contributed by atoms with Crippen LogP contribution in [0.15, 0.2) is 0 Å². The van der Waals surface area contributed by atoms with E-state index in [0.29, 0.717) is 16.9 Å². The van der Waals surface area contributed by atoms with E-state index in [0.717, 1.165) is 6.04 Å². The van der Waals surface area contributed by atoms with Gasteiger partial charge in [-0.05, 0) is 38.0 Å². The highest BCUT2D eigenvalue weighted by Crippen LogP contribution is 2.41. The van der Waals surface area contributed by atoms with Crippen LogP contribution in [0.1, 0.15) is 54.4 Å². The summed E-state index contributed by atoms with van der Waals surface area (Å²) < 4.78 is 0. The van der Waals surface area contributed by atoms with Gasteiger partial charge in [-0.25, -0.2) is 0 Å². The fraction of sp³-hybridized carbons (Fsp3) is 1.00. The monoisotopic (exact) mass is 183 g/mol. The van der Waals surface area contributed by atoms with Crippen LogP contribution in [-0.4, -0.2) is 11.6 Å². The lowest BCUT2D eigenvalue weighted by Crippen LogP contribution is -2.56. The Kier molecular flexibility index (Phi) is 2.78. The van der Waals surface area contributed by atoms with Crippen LogP contribution in [0.25, 0.3) is 0 Å². The van der Waals surface area contributed by atoms with E-state index in [1.54, 1.807) is 0 Å². The summed E-state index contributed by atoms with van der Waals surface area (Å²) in [7, 11) is 0. The Morgan fingerprint density at radius 2 is 1.69 bits per heavy atom. The van der Waals surface area contributed by atoms with Crippen molar-refractivity contribution >= 4 is 0 Å². The minimum absolute atomic E-state index is 0.293. The molecule has 0 heterocycles. The van der Waals surface area contributed by atoms with Gasteiger partial charge in [-0.3, -0.25) is 0 Å². The second-order valence-electron chi connectivity index (χ2n) is 6.29. The van der Waals surface area contributed by atoms with Gasteiger partial charge < -0.3 is 5.32 Å². The predicted octanol–water partition coefficient (Wildman–Crippen LogP) is 3.20. The van der Waals surface area contributed by atoms with Crippen molar-refractivity contribution in [2.45, 2.75) is 66.0 Å². The second kappa shape index (κ2) is 3.27. The summed E-state index contributed by atoms with van der Waals surface area (Å²) in [6.45, 7) is 13.9. The first-order valence-corrected chi connectivity index (χ1v) is 5.51. The minimum Gasteiger partial charge on any atom is -0.309 e. The van der Waals surface area contributed by atoms with Gasteiger partial charge in [-0.2, -0.15) is 0 Å². The Bertz CT molecular complexity index is 172. The summed E-state index contributed by atoms with van der Waals surface area (Å²) >= 11 is 0. The molecule has 0 spiro atoms. The minimum atomic E-state index is 0.293. The molecule has 1 N–H and O–H groups in total. The van der Waals surface area contributed by atoms with Crippen molar-refractivity contribution < 1.29 is 0 Å². The first-order chi connectivity index (χ1) is 5.73. The van der Waals surface area contributed by atoms with E-state index in [1.807, 2.05) is 0 Å². The zero-order chi connectivity index (χ0) is 10.3. The molecular weight excluding hydrogens is 158 g/mol. The molecule has 1 saturated carbocycles. The van der Waals surface area contributed by atoms with E-state index >= 15 is 0 Å². The second-order valence-corrected chi connectivity index (χ2v) is 6.29. The van der Waals surface area contributed by atoms with Crippen molar-refractivity contribution in [3.05, 3.63) is 0 Å². The molecule has 0 amide bonds. The molecule has 0 saturated heterocycles. The van der Waals surface area contributed by atoms with Crippen LogP contribution < -0.4 is 5.32 Å². The highest BCUT2D eigenvalue weighted by atomic mass is 15.0. The zero-order valence-electron chi connectivity index (χ0n) is 10.1. The third-order valence-electron chi connectivity index (χ3n) is 3.62. The molecule has 0 radical (unpaired) electrons. The first-order valence-electron chi connectivity index (χ1n) is 5.51. The summed E-state index contributed by atoms with van der Waals surface area (Å²) in [6.07, 6.45) is 2.67. The molecule has 1 nitrogen and oxygen atoms in total. The lowest BCUT2D eigenvalue weighted by Gasteiger charge is -2.47. The highest BCUT2D eigenvalue weighted by Gasteiger charge is 2.38. The average molecular weight is 183 g/mol. The molecule has 0 aliphatic heterocycles. The van der Waals surface area contributed by atoms with Gasteiger partial charge in [0.15, 0.2) is 0 Å². The van der Waals surface area contributed by atoms with Gasteiger partial charge in [-0.15, -0.1) is 0 Å². The summed E-state index contributed by atoms with van der Waals surface area (Å²) in [6, 6.07) is 0.757. The quantitative estimate of drug-likeness (QED) is 0.708. The maximum atomic E-state index is 3.75. The Hall–Kier alpha value is -0.0400. The van der Waals surface area contributed by atoms with Crippen molar-refractivity contribution in [1.82, 2.24) is 5.32 Å². The summed E-state index contributed by atoms with van der Waals surface area (Å²) in [5.74, 6) is 0.705. The fourth-order valence-electron chi connectivity index (χ4n) is 2.07. The molecular formula is C12H25N. The van der Waals surface area contributed by atoms with Crippen LogP contribution in [0.4, 0.5) is 0 Å². The Balaban J connectivity index is 2.35. The summed E-state index contributed by atoms with van der Waals surface area (Å²) in [5.41, 5.74) is 0.881. The van der Waals surface area contributed by atoms with E-state index in [9.17, 15) is 0 Å². The molecule has 0 bridgehead atoms. The van der Waals surface area contributed by atoms with Gasteiger partial charge in [0.05, 0.1) is 0 Å². The van der Waals surface area contributed by atoms with E-state index in [4.69, 9.17) is 0 Å². The SMILES string of the molecule is CC(C)C(C)(C)NC1CC(C)(C)C1. The molecule has 1 fully saturated rings. The van der Waals surface area contributed by atoms with Crippen molar-refractivity contribution in [3.63, 3.8) is 0 Å². The van der Waals surface area contributed by atoms with Crippen LogP contribution in [0, 0.1) is 11.3 Å². The standard InChI is InChI=1S/C12H25N/c1-9(2)12(5,6)13-10-7-11(3,4)8-10/h9-10,13H,7-8H2,1-6H3. The first kappa shape index (κ1) is 11.0. The number of hydrogen-bond acceptors (Lipinski definition) is 1. The van der Waals surface area contributed by atoms with E-state index in [2.05, 4.69) is 46.9 Å². The van der Waals surface area contributed by atoms with Crippen LogP contribution in [0.2, 0.25) is 0 Å². The number of hydrogen-bond donors (Lipinski definition) is 1. The lowest BCUT2D eigenvalue weighted by molar-refractivity contribution is 0.0896. The molecule has 1 heteroatoms. The Morgan fingerprint density at radius 1 is 1.23 bits per heavy atom. The molecule has 0 unspecified atom stereocenters. The average Bonchev–Trinajstić information content (AvgIpc) is 1.81. The van der Waals surface area contributed by atoms with Crippen LogP contribution in [0.3, 0.4) is 0 Å². The molecule has 0 aromatic heterocycles. The van der Waals surface area contributed by atoms with E-state index < -0.39 is 0 Å². The van der Waals surface area contributed by atoms with Gasteiger partial charge in [-0.1, -0.05) is 27.7 Å². The lowest BCUT2D eigenvalue weighted by atomic mass is 9.67. The van der Waals surface area contributed by atoms with Gasteiger partial charge >= 0.3 is 0 Å².